The van der Waals surface area contributed by atoms with Crippen molar-refractivity contribution in [2.45, 2.75) is 18.0 Å². The lowest BCUT2D eigenvalue weighted by atomic mass is 9.98. The Hall–Kier alpha value is -2.89. The molecule has 1 heterocycles. The Bertz CT molecular complexity index is 838. The summed E-state index contributed by atoms with van der Waals surface area (Å²) in [6, 6.07) is 16.0. The van der Waals surface area contributed by atoms with E-state index in [1.807, 2.05) is 48.5 Å². The van der Waals surface area contributed by atoms with Crippen molar-refractivity contribution in [1.82, 2.24) is 4.90 Å². The summed E-state index contributed by atoms with van der Waals surface area (Å²) in [6.45, 7) is -0.297. The highest BCUT2D eigenvalue weighted by molar-refractivity contribution is 5.81. The van der Waals surface area contributed by atoms with Crippen LogP contribution in [-0.2, 0) is 9.53 Å². The number of likely N-dealkylation sites (tertiary alicyclic amines) is 1. The summed E-state index contributed by atoms with van der Waals surface area (Å²) in [5.74, 6) is -1.62. The predicted molar refractivity (Wildman–Crippen MR) is 92.7 cm³/mol. The molecule has 0 radical (unpaired) electrons. The van der Waals surface area contributed by atoms with E-state index in [1.54, 1.807) is 0 Å². The van der Waals surface area contributed by atoms with Crippen LogP contribution in [0.5, 0.6) is 0 Å². The number of carbonyl (C=O) groups excluding carboxylic acids is 1. The monoisotopic (exact) mass is 355 g/mol. The third-order valence-electron chi connectivity index (χ3n) is 5.20. The summed E-state index contributed by atoms with van der Waals surface area (Å²) in [5, 5.41) is 8.94. The van der Waals surface area contributed by atoms with Crippen molar-refractivity contribution in [2.24, 2.45) is 0 Å². The molecule has 0 spiro atoms. The molecule has 1 saturated heterocycles. The number of benzene rings is 2. The molecular weight excluding hydrogens is 337 g/mol. The van der Waals surface area contributed by atoms with Gasteiger partial charge in [-0.25, -0.2) is 14.0 Å². The molecule has 1 N–H and O–H groups in total. The van der Waals surface area contributed by atoms with Crippen LogP contribution in [0.25, 0.3) is 11.1 Å². The molecule has 1 fully saturated rings. The number of nitrogens with zero attached hydrogens (tertiary/aromatic N) is 1. The maximum absolute atomic E-state index is 14.1. The van der Waals surface area contributed by atoms with Gasteiger partial charge < -0.3 is 14.7 Å². The average Bonchev–Trinajstić information content (AvgIpc) is 3.20. The van der Waals surface area contributed by atoms with Gasteiger partial charge in [0.15, 0.2) is 0 Å². The normalized spacial score (nSPS) is 21.3. The summed E-state index contributed by atoms with van der Waals surface area (Å²) in [4.78, 5) is 24.4. The van der Waals surface area contributed by atoms with E-state index in [0.717, 1.165) is 27.2 Å². The van der Waals surface area contributed by atoms with Gasteiger partial charge in [-0.1, -0.05) is 48.5 Å². The first kappa shape index (κ1) is 16.6. The van der Waals surface area contributed by atoms with Gasteiger partial charge in [0.2, 0.25) is 5.67 Å². The van der Waals surface area contributed by atoms with E-state index in [4.69, 9.17) is 9.84 Å². The Balaban J connectivity index is 1.49. The van der Waals surface area contributed by atoms with Gasteiger partial charge in [-0.3, -0.25) is 0 Å². The van der Waals surface area contributed by atoms with Gasteiger partial charge in [0, 0.05) is 18.9 Å². The number of ether oxygens (including phenoxy) is 1. The van der Waals surface area contributed by atoms with E-state index in [0.29, 0.717) is 0 Å². The van der Waals surface area contributed by atoms with E-state index in [9.17, 15) is 14.0 Å². The van der Waals surface area contributed by atoms with Crippen LogP contribution in [0, 0.1) is 0 Å². The quantitative estimate of drug-likeness (QED) is 0.916. The number of carboxylic acid groups (broad SMARTS) is 1. The van der Waals surface area contributed by atoms with Crippen LogP contribution >= 0.6 is 0 Å². The molecule has 1 unspecified atom stereocenters. The van der Waals surface area contributed by atoms with Crippen LogP contribution in [-0.4, -0.2) is 47.4 Å². The van der Waals surface area contributed by atoms with Gasteiger partial charge in [-0.15, -0.1) is 0 Å². The lowest BCUT2D eigenvalue weighted by Crippen LogP contribution is -2.39. The topological polar surface area (TPSA) is 66.8 Å². The number of carboxylic acids is 1. The van der Waals surface area contributed by atoms with E-state index in [-0.39, 0.29) is 25.5 Å². The molecule has 6 heteroatoms. The molecule has 0 bridgehead atoms. The van der Waals surface area contributed by atoms with Gasteiger partial charge in [-0.2, -0.15) is 0 Å². The van der Waals surface area contributed by atoms with Crippen LogP contribution in [0.3, 0.4) is 0 Å². The maximum Gasteiger partial charge on any atom is 0.409 e. The third kappa shape index (κ3) is 2.62. The minimum atomic E-state index is -2.38. The highest BCUT2D eigenvalue weighted by Crippen LogP contribution is 2.44. The number of amides is 1. The number of halogens is 1. The van der Waals surface area contributed by atoms with Crippen LogP contribution in [0.2, 0.25) is 0 Å². The Morgan fingerprint density at radius 2 is 1.69 bits per heavy atom. The van der Waals surface area contributed by atoms with Gasteiger partial charge in [0.05, 0.1) is 6.54 Å². The molecular formula is C20H18FNO4. The molecule has 4 rings (SSSR count). The lowest BCUT2D eigenvalue weighted by molar-refractivity contribution is -0.149. The van der Waals surface area contributed by atoms with E-state index >= 15 is 0 Å². The Morgan fingerprint density at radius 1 is 1.12 bits per heavy atom. The molecule has 2 aliphatic rings. The minimum Gasteiger partial charge on any atom is -0.479 e. The van der Waals surface area contributed by atoms with Crippen LogP contribution < -0.4 is 0 Å². The Labute approximate surface area is 150 Å². The van der Waals surface area contributed by atoms with Crippen molar-refractivity contribution in [2.75, 3.05) is 19.7 Å². The van der Waals surface area contributed by atoms with Crippen LogP contribution in [0.1, 0.15) is 23.5 Å². The fourth-order valence-corrected chi connectivity index (χ4v) is 3.79. The summed E-state index contributed by atoms with van der Waals surface area (Å²) < 4.78 is 19.6. The molecule has 1 amide bonds. The standard InChI is InChI=1S/C20H18FNO4/c21-20(18(23)24)9-10-22(12-20)19(25)26-11-17-15-7-3-1-5-13(15)14-6-2-4-8-16(14)17/h1-8,17H,9-12H2,(H,23,24). The molecule has 5 nitrogen and oxygen atoms in total. The van der Waals surface area contributed by atoms with Gasteiger partial charge in [-0.05, 0) is 22.3 Å². The smallest absolute Gasteiger partial charge is 0.409 e. The van der Waals surface area contributed by atoms with Crippen molar-refractivity contribution in [3.8, 4) is 11.1 Å². The fourth-order valence-electron chi connectivity index (χ4n) is 3.79. The highest BCUT2D eigenvalue weighted by Gasteiger charge is 2.47. The van der Waals surface area contributed by atoms with Gasteiger partial charge >= 0.3 is 12.1 Å². The van der Waals surface area contributed by atoms with Crippen molar-refractivity contribution in [3.63, 3.8) is 0 Å². The fraction of sp³-hybridized carbons (Fsp3) is 0.300. The second-order valence-electron chi connectivity index (χ2n) is 6.75. The molecule has 26 heavy (non-hydrogen) atoms. The number of hydrogen-bond acceptors (Lipinski definition) is 3. The lowest BCUT2D eigenvalue weighted by Gasteiger charge is -2.20. The average molecular weight is 355 g/mol. The SMILES string of the molecule is O=C(OCC1c2ccccc2-c2ccccc21)N1CCC(F)(C(=O)O)C1. The van der Waals surface area contributed by atoms with E-state index in [1.165, 1.54) is 0 Å². The number of fused-ring (bicyclic) bond motifs is 3. The molecule has 134 valence electrons. The number of carbonyl (C=O) groups is 2. The molecule has 1 atom stereocenters. The van der Waals surface area contributed by atoms with E-state index < -0.39 is 24.3 Å². The van der Waals surface area contributed by atoms with Gasteiger partial charge in [0.25, 0.3) is 0 Å². The second kappa shape index (κ2) is 6.12. The summed E-state index contributed by atoms with van der Waals surface area (Å²) in [7, 11) is 0. The predicted octanol–water partition coefficient (Wildman–Crippen LogP) is 3.43. The molecule has 1 aliphatic heterocycles. The zero-order chi connectivity index (χ0) is 18.3. The van der Waals surface area contributed by atoms with Crippen molar-refractivity contribution >= 4 is 12.1 Å². The Morgan fingerprint density at radius 3 is 2.23 bits per heavy atom. The second-order valence-corrected chi connectivity index (χ2v) is 6.75. The van der Waals surface area contributed by atoms with Crippen molar-refractivity contribution < 1.29 is 23.8 Å². The number of rotatable bonds is 3. The number of hydrogen-bond donors (Lipinski definition) is 1. The van der Waals surface area contributed by atoms with Crippen LogP contribution in [0.4, 0.5) is 9.18 Å². The Kier molecular flexibility index (Phi) is 3.90. The molecule has 0 aromatic heterocycles. The third-order valence-corrected chi connectivity index (χ3v) is 5.20. The number of aliphatic carboxylic acids is 1. The van der Waals surface area contributed by atoms with Crippen molar-refractivity contribution in [1.29, 1.82) is 0 Å². The molecule has 2 aromatic rings. The molecule has 1 aliphatic carbocycles. The summed E-state index contributed by atoms with van der Waals surface area (Å²) >= 11 is 0. The molecule has 2 aromatic carbocycles. The largest absolute Gasteiger partial charge is 0.479 e. The van der Waals surface area contributed by atoms with Gasteiger partial charge in [0.1, 0.15) is 6.61 Å². The van der Waals surface area contributed by atoms with Crippen LogP contribution in [0.15, 0.2) is 48.5 Å². The first-order chi connectivity index (χ1) is 12.5. The highest BCUT2D eigenvalue weighted by atomic mass is 19.1. The zero-order valence-electron chi connectivity index (χ0n) is 14.0. The number of alkyl halides is 1. The zero-order valence-corrected chi connectivity index (χ0v) is 14.0. The summed E-state index contributed by atoms with van der Waals surface area (Å²) in [5.41, 5.74) is 2.05. The maximum atomic E-state index is 14.1. The van der Waals surface area contributed by atoms with Crippen molar-refractivity contribution in [3.05, 3.63) is 59.7 Å². The first-order valence-electron chi connectivity index (χ1n) is 8.52. The first-order valence-corrected chi connectivity index (χ1v) is 8.52. The summed E-state index contributed by atoms with van der Waals surface area (Å²) in [6.07, 6.45) is -0.889. The minimum absolute atomic E-state index is 0.0411. The molecule has 0 saturated carbocycles. The van der Waals surface area contributed by atoms with E-state index in [2.05, 4.69) is 0 Å².